The molecule has 0 saturated carbocycles. The second kappa shape index (κ2) is 4.44. The van der Waals surface area contributed by atoms with Crippen LogP contribution in [0.3, 0.4) is 0 Å². The SMILES string of the molecule is Cc1cn([C@H]2C[C@@H](O)[C@H](CN)O2)c(=O)[nH]c1=O. The van der Waals surface area contributed by atoms with Gasteiger partial charge < -0.3 is 15.6 Å². The molecule has 4 N–H and O–H groups in total. The summed E-state index contributed by atoms with van der Waals surface area (Å²) in [4.78, 5) is 25.0. The van der Waals surface area contributed by atoms with Gasteiger partial charge in [0.2, 0.25) is 0 Å². The lowest BCUT2D eigenvalue weighted by Gasteiger charge is -2.14. The molecule has 2 rings (SSSR count). The van der Waals surface area contributed by atoms with Crippen molar-refractivity contribution in [2.75, 3.05) is 6.54 Å². The topological polar surface area (TPSA) is 110 Å². The van der Waals surface area contributed by atoms with Crippen LogP contribution < -0.4 is 17.0 Å². The zero-order valence-corrected chi connectivity index (χ0v) is 9.42. The first-order valence-corrected chi connectivity index (χ1v) is 5.38. The Hall–Kier alpha value is -1.44. The standard InChI is InChI=1S/C10H15N3O4/c1-5-4-13(10(16)12-9(5)15)8-2-6(14)7(3-11)17-8/h4,6-8,14H,2-3,11H2,1H3,(H,12,15,16)/t6-,7+,8-/m1/s1. The van der Waals surface area contributed by atoms with Crippen molar-refractivity contribution in [3.8, 4) is 0 Å². The van der Waals surface area contributed by atoms with Gasteiger partial charge in [-0.1, -0.05) is 0 Å². The Morgan fingerprint density at radius 1 is 1.65 bits per heavy atom. The third-order valence-corrected chi connectivity index (χ3v) is 2.89. The average Bonchev–Trinajstić information content (AvgIpc) is 2.65. The Morgan fingerprint density at radius 3 is 2.94 bits per heavy atom. The minimum atomic E-state index is -0.691. The van der Waals surface area contributed by atoms with Crippen LogP contribution in [0.5, 0.6) is 0 Å². The van der Waals surface area contributed by atoms with E-state index >= 15 is 0 Å². The number of aliphatic hydroxyl groups is 1. The van der Waals surface area contributed by atoms with Gasteiger partial charge in [-0.25, -0.2) is 4.79 Å². The summed E-state index contributed by atoms with van der Waals surface area (Å²) < 4.78 is 6.72. The lowest BCUT2D eigenvalue weighted by molar-refractivity contribution is -0.0152. The molecule has 7 heteroatoms. The van der Waals surface area contributed by atoms with Gasteiger partial charge in [-0.15, -0.1) is 0 Å². The molecule has 0 aromatic carbocycles. The van der Waals surface area contributed by atoms with Crippen molar-refractivity contribution in [3.63, 3.8) is 0 Å². The van der Waals surface area contributed by atoms with Crippen LogP contribution in [-0.2, 0) is 4.74 Å². The van der Waals surface area contributed by atoms with E-state index in [9.17, 15) is 14.7 Å². The van der Waals surface area contributed by atoms with Crippen LogP contribution >= 0.6 is 0 Å². The summed E-state index contributed by atoms with van der Waals surface area (Å²) in [5.41, 5.74) is 4.88. The molecule has 1 saturated heterocycles. The number of aliphatic hydroxyl groups excluding tert-OH is 1. The molecule has 0 aliphatic carbocycles. The van der Waals surface area contributed by atoms with Gasteiger partial charge in [-0.3, -0.25) is 14.3 Å². The van der Waals surface area contributed by atoms with E-state index in [2.05, 4.69) is 4.98 Å². The Balaban J connectivity index is 2.34. The molecule has 1 aliphatic rings. The van der Waals surface area contributed by atoms with Crippen molar-refractivity contribution in [1.82, 2.24) is 9.55 Å². The van der Waals surface area contributed by atoms with Crippen molar-refractivity contribution in [1.29, 1.82) is 0 Å². The summed E-state index contributed by atoms with van der Waals surface area (Å²) in [6.45, 7) is 1.79. The number of hydrogen-bond donors (Lipinski definition) is 3. The van der Waals surface area contributed by atoms with Gasteiger partial charge in [0.05, 0.1) is 12.2 Å². The zero-order valence-electron chi connectivity index (χ0n) is 9.42. The molecule has 1 aliphatic heterocycles. The zero-order chi connectivity index (χ0) is 12.6. The number of H-pyrrole nitrogens is 1. The lowest BCUT2D eigenvalue weighted by atomic mass is 10.2. The van der Waals surface area contributed by atoms with E-state index in [4.69, 9.17) is 10.5 Å². The minimum Gasteiger partial charge on any atom is -0.390 e. The van der Waals surface area contributed by atoms with Crippen molar-refractivity contribution >= 4 is 0 Å². The fourth-order valence-corrected chi connectivity index (χ4v) is 1.90. The van der Waals surface area contributed by atoms with E-state index in [1.165, 1.54) is 10.8 Å². The smallest absolute Gasteiger partial charge is 0.330 e. The number of nitrogens with two attached hydrogens (primary N) is 1. The van der Waals surface area contributed by atoms with Crippen molar-refractivity contribution in [2.45, 2.75) is 31.8 Å². The summed E-state index contributed by atoms with van der Waals surface area (Å²) in [7, 11) is 0. The van der Waals surface area contributed by atoms with Gasteiger partial charge in [-0.2, -0.15) is 0 Å². The number of hydrogen-bond acceptors (Lipinski definition) is 5. The van der Waals surface area contributed by atoms with E-state index in [1.54, 1.807) is 6.92 Å². The maximum atomic E-state index is 11.6. The number of nitrogens with zero attached hydrogens (tertiary/aromatic N) is 1. The van der Waals surface area contributed by atoms with Crippen molar-refractivity contribution in [3.05, 3.63) is 32.6 Å². The first-order valence-electron chi connectivity index (χ1n) is 5.38. The van der Waals surface area contributed by atoms with Crippen LogP contribution in [0.4, 0.5) is 0 Å². The molecule has 0 spiro atoms. The summed E-state index contributed by atoms with van der Waals surface area (Å²) in [5.74, 6) is 0. The van der Waals surface area contributed by atoms with E-state index in [1.807, 2.05) is 0 Å². The molecule has 1 aromatic rings. The Kier molecular flexibility index (Phi) is 3.14. The molecule has 0 bridgehead atoms. The maximum absolute atomic E-state index is 11.6. The summed E-state index contributed by atoms with van der Waals surface area (Å²) in [6.07, 6.45) is -0.0325. The molecule has 0 unspecified atom stereocenters. The molecular weight excluding hydrogens is 226 g/mol. The van der Waals surface area contributed by atoms with Crippen LogP contribution in [0.15, 0.2) is 15.8 Å². The number of aryl methyl sites for hydroxylation is 1. The molecule has 17 heavy (non-hydrogen) atoms. The van der Waals surface area contributed by atoms with Crippen LogP contribution in [0.25, 0.3) is 0 Å². The van der Waals surface area contributed by atoms with Crippen LogP contribution in [0.1, 0.15) is 18.2 Å². The fraction of sp³-hybridized carbons (Fsp3) is 0.600. The number of aromatic amines is 1. The highest BCUT2D eigenvalue weighted by Crippen LogP contribution is 2.26. The minimum absolute atomic E-state index is 0.189. The fourth-order valence-electron chi connectivity index (χ4n) is 1.90. The van der Waals surface area contributed by atoms with Gasteiger partial charge in [0.1, 0.15) is 6.23 Å². The van der Waals surface area contributed by atoms with E-state index < -0.39 is 29.7 Å². The van der Waals surface area contributed by atoms with Gasteiger partial charge in [0, 0.05) is 24.7 Å². The number of aromatic nitrogens is 2. The van der Waals surface area contributed by atoms with Crippen molar-refractivity contribution in [2.24, 2.45) is 5.73 Å². The third-order valence-electron chi connectivity index (χ3n) is 2.89. The molecule has 0 radical (unpaired) electrons. The summed E-state index contributed by atoms with van der Waals surface area (Å²) >= 11 is 0. The van der Waals surface area contributed by atoms with E-state index in [-0.39, 0.29) is 13.0 Å². The van der Waals surface area contributed by atoms with Crippen LogP contribution in [-0.4, -0.2) is 33.4 Å². The Bertz CT molecular complexity index is 521. The highest BCUT2D eigenvalue weighted by atomic mass is 16.5. The Labute approximate surface area is 96.8 Å². The molecule has 1 aromatic heterocycles. The van der Waals surface area contributed by atoms with Gasteiger partial charge in [0.15, 0.2) is 0 Å². The summed E-state index contributed by atoms with van der Waals surface area (Å²) in [5, 5.41) is 9.64. The van der Waals surface area contributed by atoms with Gasteiger partial charge >= 0.3 is 5.69 Å². The predicted molar refractivity (Wildman–Crippen MR) is 59.6 cm³/mol. The number of rotatable bonds is 2. The van der Waals surface area contributed by atoms with Crippen molar-refractivity contribution < 1.29 is 9.84 Å². The molecular formula is C10H15N3O4. The highest BCUT2D eigenvalue weighted by molar-refractivity contribution is 5.02. The molecule has 1 fully saturated rings. The van der Waals surface area contributed by atoms with Crippen LogP contribution in [0.2, 0.25) is 0 Å². The van der Waals surface area contributed by atoms with Gasteiger partial charge in [0.25, 0.3) is 5.56 Å². The number of ether oxygens (including phenoxy) is 1. The molecule has 94 valence electrons. The third kappa shape index (κ3) is 2.17. The first kappa shape index (κ1) is 12.0. The average molecular weight is 241 g/mol. The first-order chi connectivity index (χ1) is 8.02. The highest BCUT2D eigenvalue weighted by Gasteiger charge is 2.34. The molecule has 7 nitrogen and oxygen atoms in total. The molecule has 3 atom stereocenters. The molecule has 0 amide bonds. The van der Waals surface area contributed by atoms with Crippen LogP contribution in [0, 0.1) is 6.92 Å². The summed E-state index contributed by atoms with van der Waals surface area (Å²) in [6, 6.07) is 0. The number of nitrogens with one attached hydrogen (secondary N) is 1. The normalized spacial score (nSPS) is 28.5. The Morgan fingerprint density at radius 2 is 2.35 bits per heavy atom. The monoisotopic (exact) mass is 241 g/mol. The second-order valence-corrected chi connectivity index (χ2v) is 4.15. The van der Waals surface area contributed by atoms with E-state index in [0.29, 0.717) is 5.56 Å². The predicted octanol–water partition coefficient (Wildman–Crippen LogP) is -1.55. The largest absolute Gasteiger partial charge is 0.390 e. The molecule has 2 heterocycles. The van der Waals surface area contributed by atoms with Gasteiger partial charge in [-0.05, 0) is 6.92 Å². The van der Waals surface area contributed by atoms with E-state index in [0.717, 1.165) is 0 Å². The lowest BCUT2D eigenvalue weighted by Crippen LogP contribution is -2.33. The maximum Gasteiger partial charge on any atom is 0.330 e. The second-order valence-electron chi connectivity index (χ2n) is 4.15. The quantitative estimate of drug-likeness (QED) is 0.580.